The van der Waals surface area contributed by atoms with Crippen LogP contribution in [0.4, 0.5) is 0 Å². The van der Waals surface area contributed by atoms with Crippen molar-refractivity contribution in [2.24, 2.45) is 0 Å². The molecule has 0 aliphatic carbocycles. The maximum Gasteiger partial charge on any atom is 0.167 e. The third kappa shape index (κ3) is 2.10. The molecule has 0 unspecified atom stereocenters. The second kappa shape index (κ2) is 4.65. The van der Waals surface area contributed by atoms with Crippen molar-refractivity contribution in [3.63, 3.8) is 0 Å². The summed E-state index contributed by atoms with van der Waals surface area (Å²) in [6, 6.07) is 8.40. The van der Waals surface area contributed by atoms with Crippen LogP contribution in [-0.2, 0) is 0 Å². The Morgan fingerprint density at radius 1 is 1.35 bits per heavy atom. The molecule has 0 radical (unpaired) electrons. The van der Waals surface area contributed by atoms with E-state index in [2.05, 4.69) is 4.98 Å². The number of rotatable bonds is 3. The summed E-state index contributed by atoms with van der Waals surface area (Å²) in [6.07, 6.45) is 2.32. The number of aromatic nitrogens is 1. The molecule has 4 nitrogen and oxygen atoms in total. The Kier molecular flexibility index (Phi) is 3.05. The molecule has 0 aliphatic heterocycles. The van der Waals surface area contributed by atoms with E-state index in [4.69, 9.17) is 4.74 Å². The van der Waals surface area contributed by atoms with Crippen molar-refractivity contribution in [3.8, 4) is 22.8 Å². The molecule has 2 aromatic rings. The number of benzene rings is 1. The highest BCUT2D eigenvalue weighted by Gasteiger charge is 2.12. The number of aldehydes is 1. The molecule has 1 aromatic carbocycles. The summed E-state index contributed by atoms with van der Waals surface area (Å²) in [4.78, 5) is 14.9. The highest BCUT2D eigenvalue weighted by atomic mass is 16.5. The van der Waals surface area contributed by atoms with Crippen LogP contribution in [0.5, 0.6) is 11.5 Å². The predicted octanol–water partition coefficient (Wildman–Crippen LogP) is 2.28. The highest BCUT2D eigenvalue weighted by molar-refractivity contribution is 5.82. The minimum Gasteiger partial charge on any atom is -0.504 e. The van der Waals surface area contributed by atoms with Gasteiger partial charge in [0.05, 0.1) is 12.8 Å². The Labute approximate surface area is 98.5 Å². The van der Waals surface area contributed by atoms with Crippen LogP contribution in [-0.4, -0.2) is 23.5 Å². The van der Waals surface area contributed by atoms with Gasteiger partial charge < -0.3 is 9.84 Å². The molecule has 0 spiro atoms. The molecule has 0 saturated carbocycles. The molecule has 0 amide bonds. The number of carbonyl (C=O) groups is 1. The van der Waals surface area contributed by atoms with Crippen molar-refractivity contribution in [3.05, 3.63) is 42.1 Å². The lowest BCUT2D eigenvalue weighted by Gasteiger charge is -2.09. The van der Waals surface area contributed by atoms with Crippen LogP contribution in [0, 0.1) is 0 Å². The molecular weight excluding hydrogens is 218 g/mol. The largest absolute Gasteiger partial charge is 0.504 e. The van der Waals surface area contributed by atoms with Crippen LogP contribution in [0.25, 0.3) is 11.3 Å². The van der Waals surface area contributed by atoms with Gasteiger partial charge in [-0.1, -0.05) is 6.07 Å². The van der Waals surface area contributed by atoms with Crippen LogP contribution in [0.15, 0.2) is 36.5 Å². The first-order chi connectivity index (χ1) is 8.26. The average Bonchev–Trinajstić information content (AvgIpc) is 2.40. The van der Waals surface area contributed by atoms with Crippen molar-refractivity contribution in [1.82, 2.24) is 4.98 Å². The molecule has 17 heavy (non-hydrogen) atoms. The Morgan fingerprint density at radius 3 is 2.76 bits per heavy atom. The van der Waals surface area contributed by atoms with Gasteiger partial charge in [0.1, 0.15) is 6.29 Å². The van der Waals surface area contributed by atoms with Crippen molar-refractivity contribution in [2.75, 3.05) is 7.11 Å². The van der Waals surface area contributed by atoms with Crippen LogP contribution >= 0.6 is 0 Å². The number of methoxy groups -OCH3 is 1. The van der Waals surface area contributed by atoms with Crippen LogP contribution < -0.4 is 4.74 Å². The van der Waals surface area contributed by atoms with Crippen molar-refractivity contribution in [1.29, 1.82) is 0 Å². The zero-order valence-electron chi connectivity index (χ0n) is 9.25. The van der Waals surface area contributed by atoms with Gasteiger partial charge in [0.2, 0.25) is 0 Å². The smallest absolute Gasteiger partial charge is 0.167 e. The van der Waals surface area contributed by atoms with Gasteiger partial charge in [-0.2, -0.15) is 0 Å². The monoisotopic (exact) mass is 229 g/mol. The van der Waals surface area contributed by atoms with E-state index in [1.165, 1.54) is 13.2 Å². The van der Waals surface area contributed by atoms with Gasteiger partial charge in [0.25, 0.3) is 0 Å². The molecule has 0 bridgehead atoms. The number of carbonyl (C=O) groups excluding carboxylic acids is 1. The second-order valence-corrected chi connectivity index (χ2v) is 3.45. The summed E-state index contributed by atoms with van der Waals surface area (Å²) in [5.41, 5.74) is 1.50. The molecular formula is C13H11NO3. The van der Waals surface area contributed by atoms with E-state index in [-0.39, 0.29) is 11.5 Å². The standard InChI is InChI=1S/C13H11NO3/c1-17-12-7-9(8-15)6-10(13(12)16)11-4-2-3-5-14-11/h2-8,16H,1H3. The molecule has 86 valence electrons. The fraction of sp³-hybridized carbons (Fsp3) is 0.0769. The number of ether oxygens (including phenoxy) is 1. The number of phenols is 1. The molecule has 1 heterocycles. The van der Waals surface area contributed by atoms with Gasteiger partial charge in [-0.05, 0) is 24.3 Å². The topological polar surface area (TPSA) is 59.4 Å². The molecule has 0 saturated heterocycles. The molecule has 1 aromatic heterocycles. The Hall–Kier alpha value is -2.36. The van der Waals surface area contributed by atoms with E-state index in [1.54, 1.807) is 24.4 Å². The number of aromatic hydroxyl groups is 1. The predicted molar refractivity (Wildman–Crippen MR) is 63.3 cm³/mol. The third-order valence-electron chi connectivity index (χ3n) is 2.39. The van der Waals surface area contributed by atoms with Crippen LogP contribution in [0.1, 0.15) is 10.4 Å². The molecule has 0 aliphatic rings. The van der Waals surface area contributed by atoms with Crippen molar-refractivity contribution in [2.45, 2.75) is 0 Å². The van der Waals surface area contributed by atoms with E-state index < -0.39 is 0 Å². The number of pyridine rings is 1. The molecule has 0 fully saturated rings. The summed E-state index contributed by atoms with van der Waals surface area (Å²) in [7, 11) is 1.44. The minimum atomic E-state index is -0.0169. The molecule has 2 rings (SSSR count). The lowest BCUT2D eigenvalue weighted by molar-refractivity contribution is 0.112. The number of nitrogens with zero attached hydrogens (tertiary/aromatic N) is 1. The Morgan fingerprint density at radius 2 is 2.18 bits per heavy atom. The van der Waals surface area contributed by atoms with E-state index in [9.17, 15) is 9.90 Å². The van der Waals surface area contributed by atoms with E-state index in [0.29, 0.717) is 23.1 Å². The lowest BCUT2D eigenvalue weighted by Crippen LogP contribution is -1.91. The van der Waals surface area contributed by atoms with E-state index >= 15 is 0 Å². The SMILES string of the molecule is COc1cc(C=O)cc(-c2ccccn2)c1O. The Balaban J connectivity index is 2.64. The number of phenolic OH excluding ortho intramolecular Hbond substituents is 1. The van der Waals surface area contributed by atoms with Gasteiger partial charge in [0.15, 0.2) is 11.5 Å². The van der Waals surface area contributed by atoms with Gasteiger partial charge in [-0.25, -0.2) is 0 Å². The maximum absolute atomic E-state index is 10.8. The molecule has 0 atom stereocenters. The quantitative estimate of drug-likeness (QED) is 0.820. The number of hydrogen-bond acceptors (Lipinski definition) is 4. The first kappa shape index (κ1) is 11.1. The summed E-state index contributed by atoms with van der Waals surface area (Å²) in [6.45, 7) is 0. The van der Waals surface area contributed by atoms with E-state index in [0.717, 1.165) is 0 Å². The lowest BCUT2D eigenvalue weighted by atomic mass is 10.1. The second-order valence-electron chi connectivity index (χ2n) is 3.45. The van der Waals surface area contributed by atoms with Gasteiger partial charge in [-0.15, -0.1) is 0 Å². The number of hydrogen-bond donors (Lipinski definition) is 1. The maximum atomic E-state index is 10.8. The van der Waals surface area contributed by atoms with Gasteiger partial charge >= 0.3 is 0 Å². The minimum absolute atomic E-state index is 0.0169. The first-order valence-corrected chi connectivity index (χ1v) is 5.04. The van der Waals surface area contributed by atoms with Crippen LogP contribution in [0.2, 0.25) is 0 Å². The summed E-state index contributed by atoms with van der Waals surface area (Å²) in [5, 5.41) is 9.98. The molecule has 4 heteroatoms. The van der Waals surface area contributed by atoms with Crippen molar-refractivity contribution >= 4 is 6.29 Å². The zero-order valence-corrected chi connectivity index (χ0v) is 9.25. The zero-order chi connectivity index (χ0) is 12.3. The highest BCUT2D eigenvalue weighted by Crippen LogP contribution is 2.36. The first-order valence-electron chi connectivity index (χ1n) is 5.04. The van der Waals surface area contributed by atoms with Gasteiger partial charge in [-0.3, -0.25) is 9.78 Å². The van der Waals surface area contributed by atoms with Crippen LogP contribution in [0.3, 0.4) is 0 Å². The Bertz CT molecular complexity index is 538. The third-order valence-corrected chi connectivity index (χ3v) is 2.39. The van der Waals surface area contributed by atoms with Gasteiger partial charge in [0, 0.05) is 17.3 Å². The average molecular weight is 229 g/mol. The normalized spacial score (nSPS) is 9.94. The summed E-state index contributed by atoms with van der Waals surface area (Å²) >= 11 is 0. The van der Waals surface area contributed by atoms with Crippen molar-refractivity contribution < 1.29 is 14.6 Å². The molecule has 1 N–H and O–H groups in total. The fourth-order valence-electron chi connectivity index (χ4n) is 1.57. The summed E-state index contributed by atoms with van der Waals surface area (Å²) in [5.74, 6) is 0.243. The summed E-state index contributed by atoms with van der Waals surface area (Å²) < 4.78 is 5.01. The van der Waals surface area contributed by atoms with E-state index in [1.807, 2.05) is 6.07 Å². The fourth-order valence-corrected chi connectivity index (χ4v) is 1.57.